The fraction of sp³-hybridized carbons (Fsp3) is 0.133. The lowest BCUT2D eigenvalue weighted by molar-refractivity contribution is 0.973. The largest absolute Gasteiger partial charge is 0.292 e. The molecule has 0 N–H and O–H groups in total. The Bertz CT molecular complexity index is 474. The number of nitrogens with zero attached hydrogens (tertiary/aromatic N) is 1. The molecule has 0 aromatic heterocycles. The summed E-state index contributed by atoms with van der Waals surface area (Å²) in [7, 11) is 0. The van der Waals surface area contributed by atoms with Gasteiger partial charge >= 0.3 is 0 Å². The van der Waals surface area contributed by atoms with Crippen LogP contribution in [0.15, 0.2) is 64.1 Å². The SMILES string of the molecule is Brc1ccc(C=NCCc2ccccc2)cc1. The van der Waals surface area contributed by atoms with Crippen molar-refractivity contribution in [3.63, 3.8) is 0 Å². The van der Waals surface area contributed by atoms with Gasteiger partial charge in [-0.15, -0.1) is 0 Å². The lowest BCUT2D eigenvalue weighted by Crippen LogP contribution is -1.90. The fourth-order valence-corrected chi connectivity index (χ4v) is 1.82. The van der Waals surface area contributed by atoms with Crippen molar-refractivity contribution < 1.29 is 0 Å². The van der Waals surface area contributed by atoms with Gasteiger partial charge in [-0.05, 0) is 29.7 Å². The second kappa shape index (κ2) is 6.36. The van der Waals surface area contributed by atoms with E-state index in [4.69, 9.17) is 0 Å². The first-order valence-electron chi connectivity index (χ1n) is 5.64. The van der Waals surface area contributed by atoms with Crippen LogP contribution in [0.2, 0.25) is 0 Å². The van der Waals surface area contributed by atoms with Gasteiger partial charge in [-0.25, -0.2) is 0 Å². The molecule has 0 fully saturated rings. The van der Waals surface area contributed by atoms with E-state index in [-0.39, 0.29) is 0 Å². The molecule has 0 bridgehead atoms. The van der Waals surface area contributed by atoms with Crippen molar-refractivity contribution in [2.75, 3.05) is 6.54 Å². The molecule has 0 spiro atoms. The Hall–Kier alpha value is -1.41. The van der Waals surface area contributed by atoms with Crippen LogP contribution in [-0.2, 0) is 6.42 Å². The number of hydrogen-bond acceptors (Lipinski definition) is 1. The van der Waals surface area contributed by atoms with Gasteiger partial charge in [0.25, 0.3) is 0 Å². The Kier molecular flexibility index (Phi) is 4.51. The Morgan fingerprint density at radius 2 is 1.65 bits per heavy atom. The molecule has 0 amide bonds. The predicted molar refractivity (Wildman–Crippen MR) is 76.7 cm³/mol. The molecule has 0 saturated heterocycles. The van der Waals surface area contributed by atoms with Gasteiger partial charge in [-0.3, -0.25) is 4.99 Å². The maximum absolute atomic E-state index is 4.43. The van der Waals surface area contributed by atoms with Crippen LogP contribution in [0.4, 0.5) is 0 Å². The van der Waals surface area contributed by atoms with Crippen LogP contribution in [0.3, 0.4) is 0 Å². The number of benzene rings is 2. The zero-order chi connectivity index (χ0) is 11.9. The van der Waals surface area contributed by atoms with Crippen LogP contribution in [0, 0.1) is 0 Å². The van der Waals surface area contributed by atoms with Crippen LogP contribution in [0.25, 0.3) is 0 Å². The van der Waals surface area contributed by atoms with Crippen LogP contribution in [0.1, 0.15) is 11.1 Å². The summed E-state index contributed by atoms with van der Waals surface area (Å²) in [5.41, 5.74) is 2.47. The quantitative estimate of drug-likeness (QED) is 0.751. The van der Waals surface area contributed by atoms with Crippen molar-refractivity contribution >= 4 is 22.1 Å². The molecule has 0 heterocycles. The number of aliphatic imine (C=N–C) groups is 1. The summed E-state index contributed by atoms with van der Waals surface area (Å²) >= 11 is 3.41. The summed E-state index contributed by atoms with van der Waals surface area (Å²) in [6.07, 6.45) is 2.92. The molecule has 2 rings (SSSR count). The zero-order valence-corrected chi connectivity index (χ0v) is 11.1. The van der Waals surface area contributed by atoms with Crippen molar-refractivity contribution in [1.82, 2.24) is 0 Å². The fourth-order valence-electron chi connectivity index (χ4n) is 1.56. The molecule has 0 radical (unpaired) electrons. The van der Waals surface area contributed by atoms with Crippen molar-refractivity contribution in [3.05, 3.63) is 70.2 Å². The summed E-state index contributed by atoms with van der Waals surface area (Å²) in [4.78, 5) is 4.43. The van der Waals surface area contributed by atoms with E-state index in [9.17, 15) is 0 Å². The van der Waals surface area contributed by atoms with E-state index in [1.807, 2.05) is 24.4 Å². The summed E-state index contributed by atoms with van der Waals surface area (Å²) in [5, 5.41) is 0. The van der Waals surface area contributed by atoms with Crippen LogP contribution < -0.4 is 0 Å². The minimum atomic E-state index is 0.833. The molecule has 17 heavy (non-hydrogen) atoms. The molecule has 0 aliphatic heterocycles. The second-order valence-electron chi connectivity index (χ2n) is 3.82. The van der Waals surface area contributed by atoms with E-state index >= 15 is 0 Å². The van der Waals surface area contributed by atoms with Gasteiger partial charge in [-0.1, -0.05) is 58.4 Å². The average molecular weight is 288 g/mol. The minimum Gasteiger partial charge on any atom is -0.292 e. The topological polar surface area (TPSA) is 12.4 Å². The predicted octanol–water partition coefficient (Wildman–Crippen LogP) is 4.11. The Morgan fingerprint density at radius 3 is 2.35 bits per heavy atom. The highest BCUT2D eigenvalue weighted by Gasteiger charge is 1.90. The van der Waals surface area contributed by atoms with Gasteiger partial charge in [0.15, 0.2) is 0 Å². The average Bonchev–Trinajstić information content (AvgIpc) is 2.38. The molecule has 2 heteroatoms. The van der Waals surface area contributed by atoms with E-state index in [1.165, 1.54) is 5.56 Å². The van der Waals surface area contributed by atoms with E-state index in [2.05, 4.69) is 57.3 Å². The molecule has 0 unspecified atom stereocenters. The van der Waals surface area contributed by atoms with Gasteiger partial charge in [0.1, 0.15) is 0 Å². The smallest absolute Gasteiger partial charge is 0.0429 e. The van der Waals surface area contributed by atoms with E-state index in [0.29, 0.717) is 0 Å². The summed E-state index contributed by atoms with van der Waals surface area (Å²) < 4.78 is 1.10. The van der Waals surface area contributed by atoms with Crippen LogP contribution in [-0.4, -0.2) is 12.8 Å². The molecule has 0 aliphatic carbocycles. The number of rotatable bonds is 4. The lowest BCUT2D eigenvalue weighted by atomic mass is 10.1. The van der Waals surface area contributed by atoms with Crippen molar-refractivity contribution in [1.29, 1.82) is 0 Å². The first kappa shape index (κ1) is 12.1. The monoisotopic (exact) mass is 287 g/mol. The Morgan fingerprint density at radius 1 is 0.941 bits per heavy atom. The number of halogens is 1. The van der Waals surface area contributed by atoms with Crippen LogP contribution in [0.5, 0.6) is 0 Å². The van der Waals surface area contributed by atoms with Gasteiger partial charge in [0.05, 0.1) is 0 Å². The Balaban J connectivity index is 1.84. The normalized spacial score (nSPS) is 10.9. The summed E-state index contributed by atoms with van der Waals surface area (Å²) in [5.74, 6) is 0. The first-order chi connectivity index (χ1) is 8.34. The molecule has 1 nitrogen and oxygen atoms in total. The Labute approximate surface area is 110 Å². The van der Waals surface area contributed by atoms with E-state index in [0.717, 1.165) is 23.0 Å². The molecular weight excluding hydrogens is 274 g/mol. The van der Waals surface area contributed by atoms with Gasteiger partial charge in [-0.2, -0.15) is 0 Å². The van der Waals surface area contributed by atoms with Crippen molar-refractivity contribution in [2.24, 2.45) is 4.99 Å². The minimum absolute atomic E-state index is 0.833. The third-order valence-corrected chi connectivity index (χ3v) is 3.01. The highest BCUT2D eigenvalue weighted by atomic mass is 79.9. The molecule has 2 aromatic carbocycles. The molecular formula is C15H14BrN. The number of hydrogen-bond donors (Lipinski definition) is 0. The summed E-state index contributed by atoms with van der Waals surface area (Å²) in [6, 6.07) is 18.6. The maximum Gasteiger partial charge on any atom is 0.0429 e. The zero-order valence-electron chi connectivity index (χ0n) is 9.51. The van der Waals surface area contributed by atoms with Gasteiger partial charge in [0.2, 0.25) is 0 Å². The van der Waals surface area contributed by atoms with E-state index < -0.39 is 0 Å². The third-order valence-electron chi connectivity index (χ3n) is 2.48. The second-order valence-corrected chi connectivity index (χ2v) is 4.74. The molecule has 0 atom stereocenters. The highest BCUT2D eigenvalue weighted by Crippen LogP contribution is 2.09. The van der Waals surface area contributed by atoms with Crippen LogP contribution >= 0.6 is 15.9 Å². The van der Waals surface area contributed by atoms with E-state index in [1.54, 1.807) is 0 Å². The maximum atomic E-state index is 4.43. The van der Waals surface area contributed by atoms with Crippen molar-refractivity contribution in [2.45, 2.75) is 6.42 Å². The highest BCUT2D eigenvalue weighted by molar-refractivity contribution is 9.10. The molecule has 2 aromatic rings. The standard InChI is InChI=1S/C15H14BrN/c16-15-8-6-14(7-9-15)12-17-11-10-13-4-2-1-3-5-13/h1-9,12H,10-11H2. The third kappa shape index (κ3) is 4.16. The van der Waals surface area contributed by atoms with Gasteiger partial charge < -0.3 is 0 Å². The lowest BCUT2D eigenvalue weighted by Gasteiger charge is -1.97. The molecule has 0 saturated carbocycles. The summed E-state index contributed by atoms with van der Waals surface area (Å²) in [6.45, 7) is 0.833. The molecule has 0 aliphatic rings. The van der Waals surface area contributed by atoms with Crippen molar-refractivity contribution in [3.8, 4) is 0 Å². The van der Waals surface area contributed by atoms with Gasteiger partial charge in [0, 0.05) is 17.2 Å². The molecule has 86 valence electrons. The first-order valence-corrected chi connectivity index (χ1v) is 6.43.